The quantitative estimate of drug-likeness (QED) is 0.407. The van der Waals surface area contributed by atoms with Gasteiger partial charge in [0, 0.05) is 53.7 Å². The zero-order valence-electron chi connectivity index (χ0n) is 19.0. The van der Waals surface area contributed by atoms with Crippen molar-refractivity contribution in [3.8, 4) is 22.6 Å². The molecule has 5 rings (SSSR count). The monoisotopic (exact) mass is 451 g/mol. The number of hydrogen-bond acceptors (Lipinski definition) is 4. The zero-order valence-corrected chi connectivity index (χ0v) is 19.0. The van der Waals surface area contributed by atoms with Crippen LogP contribution in [0.25, 0.3) is 27.7 Å². The molecule has 0 fully saturated rings. The lowest BCUT2D eigenvalue weighted by Gasteiger charge is -2.18. The van der Waals surface area contributed by atoms with Crippen LogP contribution < -0.4 is 5.43 Å². The SMILES string of the molecule is Cc1cccc(C(O)Cc2cc(=O)c(O)cn2-c2cccc(-c3ccc4c(ccn4C)c3)c2)n1. The van der Waals surface area contributed by atoms with Gasteiger partial charge in [-0.2, -0.15) is 0 Å². The Balaban J connectivity index is 1.55. The molecule has 3 aromatic heterocycles. The number of pyridine rings is 2. The van der Waals surface area contributed by atoms with Gasteiger partial charge in [0.15, 0.2) is 5.75 Å². The highest BCUT2D eigenvalue weighted by molar-refractivity contribution is 5.85. The molecule has 6 nitrogen and oxygen atoms in total. The molecule has 6 heteroatoms. The highest BCUT2D eigenvalue weighted by atomic mass is 16.3. The Morgan fingerprint density at radius 1 is 0.971 bits per heavy atom. The number of hydrogen-bond donors (Lipinski definition) is 2. The van der Waals surface area contributed by atoms with E-state index in [-0.39, 0.29) is 12.2 Å². The van der Waals surface area contributed by atoms with E-state index in [2.05, 4.69) is 33.8 Å². The van der Waals surface area contributed by atoms with Crippen LogP contribution in [0.1, 0.15) is 23.2 Å². The molecule has 3 heterocycles. The summed E-state index contributed by atoms with van der Waals surface area (Å²) in [6.45, 7) is 1.87. The van der Waals surface area contributed by atoms with Crippen molar-refractivity contribution in [1.82, 2.24) is 14.1 Å². The molecule has 5 aromatic rings. The second kappa shape index (κ2) is 8.65. The molecular formula is C28H25N3O3. The maximum absolute atomic E-state index is 12.2. The molecule has 0 aliphatic heterocycles. The van der Waals surface area contributed by atoms with Gasteiger partial charge in [-0.3, -0.25) is 9.78 Å². The van der Waals surface area contributed by atoms with Crippen LogP contribution in [0.3, 0.4) is 0 Å². The third kappa shape index (κ3) is 4.11. The van der Waals surface area contributed by atoms with Crippen molar-refractivity contribution in [2.45, 2.75) is 19.4 Å². The fourth-order valence-electron chi connectivity index (χ4n) is 4.31. The van der Waals surface area contributed by atoms with E-state index in [0.29, 0.717) is 11.4 Å². The standard InChI is InChI=1S/C28H25N3O3/c1-18-5-3-8-24(29-18)26(32)15-23-16-27(33)28(34)17-31(23)22-7-4-6-19(14-22)20-9-10-25-21(13-20)11-12-30(25)2/h3-14,16-17,26,32,34H,15H2,1-2H3. The van der Waals surface area contributed by atoms with Crippen LogP contribution in [0.5, 0.6) is 5.75 Å². The lowest BCUT2D eigenvalue weighted by molar-refractivity contribution is 0.171. The molecule has 170 valence electrons. The Hall–Kier alpha value is -4.16. The molecule has 0 aliphatic carbocycles. The fraction of sp³-hybridized carbons (Fsp3) is 0.143. The Morgan fingerprint density at radius 3 is 2.59 bits per heavy atom. The number of benzene rings is 2. The van der Waals surface area contributed by atoms with Gasteiger partial charge in [0.1, 0.15) is 6.10 Å². The number of aliphatic hydroxyl groups excluding tert-OH is 1. The molecule has 0 amide bonds. The zero-order chi connectivity index (χ0) is 23.8. The van der Waals surface area contributed by atoms with Gasteiger partial charge in [-0.25, -0.2) is 0 Å². The third-order valence-electron chi connectivity index (χ3n) is 6.11. The second-order valence-electron chi connectivity index (χ2n) is 8.56. The average molecular weight is 452 g/mol. The summed E-state index contributed by atoms with van der Waals surface area (Å²) in [5.74, 6) is -0.344. The molecule has 1 atom stereocenters. The van der Waals surface area contributed by atoms with Crippen molar-refractivity contribution in [3.63, 3.8) is 0 Å². The van der Waals surface area contributed by atoms with Crippen LogP contribution >= 0.6 is 0 Å². The Bertz CT molecular complexity index is 1570. The topological polar surface area (TPSA) is 80.3 Å². The number of rotatable bonds is 5. The lowest BCUT2D eigenvalue weighted by Crippen LogP contribution is -2.15. The van der Waals surface area contributed by atoms with Gasteiger partial charge in [-0.1, -0.05) is 24.3 Å². The smallest absolute Gasteiger partial charge is 0.223 e. The molecule has 0 saturated heterocycles. The summed E-state index contributed by atoms with van der Waals surface area (Å²) in [5.41, 5.74) is 5.45. The first-order valence-corrected chi connectivity index (χ1v) is 11.1. The normalized spacial score (nSPS) is 12.2. The minimum absolute atomic E-state index is 0.173. The number of aromatic hydroxyl groups is 1. The summed E-state index contributed by atoms with van der Waals surface area (Å²) in [6.07, 6.45) is 2.73. The highest BCUT2D eigenvalue weighted by Crippen LogP contribution is 2.28. The molecule has 1 unspecified atom stereocenters. The van der Waals surface area contributed by atoms with E-state index in [9.17, 15) is 15.0 Å². The molecule has 0 bridgehead atoms. The molecule has 0 spiro atoms. The number of aromatic nitrogens is 3. The third-order valence-corrected chi connectivity index (χ3v) is 6.11. The van der Waals surface area contributed by atoms with Crippen LogP contribution in [0.2, 0.25) is 0 Å². The van der Waals surface area contributed by atoms with Crippen LogP contribution in [-0.4, -0.2) is 24.3 Å². The van der Waals surface area contributed by atoms with Crippen molar-refractivity contribution in [3.05, 3.63) is 112 Å². The van der Waals surface area contributed by atoms with Crippen molar-refractivity contribution in [1.29, 1.82) is 0 Å². The minimum Gasteiger partial charge on any atom is -0.503 e. The summed E-state index contributed by atoms with van der Waals surface area (Å²) in [7, 11) is 2.02. The van der Waals surface area contributed by atoms with Gasteiger partial charge in [-0.05, 0) is 60.5 Å². The number of fused-ring (bicyclic) bond motifs is 1. The van der Waals surface area contributed by atoms with E-state index in [1.165, 1.54) is 12.3 Å². The van der Waals surface area contributed by atoms with Crippen LogP contribution in [-0.2, 0) is 13.5 Å². The fourth-order valence-corrected chi connectivity index (χ4v) is 4.31. The molecule has 0 radical (unpaired) electrons. The molecule has 0 aliphatic rings. The number of nitrogens with zero attached hydrogens (tertiary/aromatic N) is 3. The van der Waals surface area contributed by atoms with E-state index in [4.69, 9.17) is 0 Å². The van der Waals surface area contributed by atoms with Crippen molar-refractivity contribution < 1.29 is 10.2 Å². The summed E-state index contributed by atoms with van der Waals surface area (Å²) in [6, 6.07) is 23.1. The van der Waals surface area contributed by atoms with Gasteiger partial charge in [0.25, 0.3) is 0 Å². The summed E-state index contributed by atoms with van der Waals surface area (Å²) < 4.78 is 3.83. The maximum atomic E-state index is 12.2. The van der Waals surface area contributed by atoms with E-state index < -0.39 is 11.5 Å². The van der Waals surface area contributed by atoms with Crippen LogP contribution in [0, 0.1) is 6.92 Å². The van der Waals surface area contributed by atoms with Gasteiger partial charge in [0.2, 0.25) is 5.43 Å². The predicted molar refractivity (Wildman–Crippen MR) is 133 cm³/mol. The average Bonchev–Trinajstić information content (AvgIpc) is 3.21. The highest BCUT2D eigenvalue weighted by Gasteiger charge is 2.16. The van der Waals surface area contributed by atoms with Gasteiger partial charge in [0.05, 0.1) is 11.9 Å². The van der Waals surface area contributed by atoms with Gasteiger partial charge < -0.3 is 19.3 Å². The number of aliphatic hydroxyl groups is 1. The molecule has 2 aromatic carbocycles. The van der Waals surface area contributed by atoms with Crippen molar-refractivity contribution >= 4 is 10.9 Å². The molecule has 0 saturated carbocycles. The van der Waals surface area contributed by atoms with E-state index in [1.54, 1.807) is 10.6 Å². The van der Waals surface area contributed by atoms with Crippen LogP contribution in [0.15, 0.2) is 90.0 Å². The maximum Gasteiger partial charge on any atom is 0.223 e. The van der Waals surface area contributed by atoms with E-state index >= 15 is 0 Å². The second-order valence-corrected chi connectivity index (χ2v) is 8.56. The van der Waals surface area contributed by atoms with Gasteiger partial charge >= 0.3 is 0 Å². The van der Waals surface area contributed by atoms with Crippen molar-refractivity contribution in [2.75, 3.05) is 0 Å². The first-order valence-electron chi connectivity index (χ1n) is 11.1. The summed E-state index contributed by atoms with van der Waals surface area (Å²) in [4.78, 5) is 16.7. The van der Waals surface area contributed by atoms with Gasteiger partial charge in [-0.15, -0.1) is 0 Å². The van der Waals surface area contributed by atoms with Crippen LogP contribution in [0.4, 0.5) is 0 Å². The van der Waals surface area contributed by atoms with Crippen molar-refractivity contribution in [2.24, 2.45) is 7.05 Å². The Kier molecular flexibility index (Phi) is 5.51. The Labute approximate surface area is 197 Å². The number of aryl methyl sites for hydroxylation is 2. The largest absolute Gasteiger partial charge is 0.503 e. The lowest BCUT2D eigenvalue weighted by atomic mass is 10.0. The minimum atomic E-state index is -0.890. The van der Waals surface area contributed by atoms with E-state index in [1.807, 2.05) is 56.6 Å². The molecular weight excluding hydrogens is 426 g/mol. The summed E-state index contributed by atoms with van der Waals surface area (Å²) >= 11 is 0. The molecule has 34 heavy (non-hydrogen) atoms. The predicted octanol–water partition coefficient (Wildman–Crippen LogP) is 4.68. The first-order chi connectivity index (χ1) is 16.4. The Morgan fingerprint density at radius 2 is 1.76 bits per heavy atom. The molecule has 2 N–H and O–H groups in total. The van der Waals surface area contributed by atoms with E-state index in [0.717, 1.165) is 33.4 Å². The first kappa shape index (κ1) is 21.7. The summed E-state index contributed by atoms with van der Waals surface area (Å²) in [5, 5.41) is 22.1.